The van der Waals surface area contributed by atoms with Gasteiger partial charge in [-0.3, -0.25) is 4.79 Å². The SMILES string of the molecule is CN(C)c1ccc(NCC2(O)CCC(C(=O)O)CC2)cc1. The van der Waals surface area contributed by atoms with Crippen LogP contribution in [0.5, 0.6) is 0 Å². The average Bonchev–Trinajstić information content (AvgIpc) is 2.46. The molecule has 5 nitrogen and oxygen atoms in total. The molecule has 1 fully saturated rings. The number of hydrogen-bond donors (Lipinski definition) is 3. The number of anilines is 2. The van der Waals surface area contributed by atoms with Crippen molar-refractivity contribution in [1.29, 1.82) is 0 Å². The topological polar surface area (TPSA) is 72.8 Å². The van der Waals surface area contributed by atoms with Gasteiger partial charge < -0.3 is 20.4 Å². The third-order valence-corrected chi connectivity index (χ3v) is 4.27. The van der Waals surface area contributed by atoms with E-state index in [4.69, 9.17) is 5.11 Å². The molecule has 1 aromatic rings. The summed E-state index contributed by atoms with van der Waals surface area (Å²) in [4.78, 5) is 13.0. The first kappa shape index (κ1) is 15.6. The highest BCUT2D eigenvalue weighted by Gasteiger charge is 2.35. The minimum atomic E-state index is -0.799. The molecule has 3 N–H and O–H groups in total. The Morgan fingerprint density at radius 2 is 1.86 bits per heavy atom. The summed E-state index contributed by atoms with van der Waals surface area (Å²) >= 11 is 0. The van der Waals surface area contributed by atoms with Gasteiger partial charge in [0.1, 0.15) is 0 Å². The maximum Gasteiger partial charge on any atom is 0.306 e. The van der Waals surface area contributed by atoms with Gasteiger partial charge in [-0.2, -0.15) is 0 Å². The summed E-state index contributed by atoms with van der Waals surface area (Å²) in [6.07, 6.45) is 2.17. The Morgan fingerprint density at radius 1 is 1.29 bits per heavy atom. The van der Waals surface area contributed by atoms with E-state index in [2.05, 4.69) is 5.32 Å². The van der Waals surface area contributed by atoms with Gasteiger partial charge in [0.2, 0.25) is 0 Å². The number of hydrogen-bond acceptors (Lipinski definition) is 4. The monoisotopic (exact) mass is 292 g/mol. The molecule has 0 heterocycles. The van der Waals surface area contributed by atoms with Crippen LogP contribution in [0, 0.1) is 5.92 Å². The standard InChI is InChI=1S/C16H24N2O3/c1-18(2)14-5-3-13(4-6-14)17-11-16(21)9-7-12(8-10-16)15(19)20/h3-6,12,17,21H,7-11H2,1-2H3,(H,19,20). The minimum absolute atomic E-state index is 0.301. The molecule has 21 heavy (non-hydrogen) atoms. The molecular weight excluding hydrogens is 268 g/mol. The second kappa shape index (κ2) is 6.35. The molecule has 0 aromatic heterocycles. The Morgan fingerprint density at radius 3 is 2.33 bits per heavy atom. The quantitative estimate of drug-likeness (QED) is 0.775. The summed E-state index contributed by atoms with van der Waals surface area (Å²) in [6, 6.07) is 8.02. The molecule has 1 saturated carbocycles. The van der Waals surface area contributed by atoms with Gasteiger partial charge >= 0.3 is 5.97 Å². The van der Waals surface area contributed by atoms with E-state index in [9.17, 15) is 9.90 Å². The average molecular weight is 292 g/mol. The van der Waals surface area contributed by atoms with Gasteiger partial charge in [0.05, 0.1) is 11.5 Å². The Balaban J connectivity index is 1.86. The van der Waals surface area contributed by atoms with Gasteiger partial charge in [0.25, 0.3) is 0 Å². The van der Waals surface area contributed by atoms with Crippen molar-refractivity contribution < 1.29 is 15.0 Å². The van der Waals surface area contributed by atoms with E-state index in [1.165, 1.54) is 0 Å². The van der Waals surface area contributed by atoms with Crippen molar-refractivity contribution >= 4 is 17.3 Å². The number of carboxylic acids is 1. The fraction of sp³-hybridized carbons (Fsp3) is 0.562. The summed E-state index contributed by atoms with van der Waals surface area (Å²) in [6.45, 7) is 0.459. The molecule has 0 spiro atoms. The molecule has 0 amide bonds. The number of nitrogens with zero attached hydrogens (tertiary/aromatic N) is 1. The highest BCUT2D eigenvalue weighted by Crippen LogP contribution is 2.32. The Bertz CT molecular complexity index is 477. The third-order valence-electron chi connectivity index (χ3n) is 4.27. The lowest BCUT2D eigenvalue weighted by Crippen LogP contribution is -2.41. The lowest BCUT2D eigenvalue weighted by Gasteiger charge is -2.35. The molecular formula is C16H24N2O3. The van der Waals surface area contributed by atoms with Gasteiger partial charge in [-0.15, -0.1) is 0 Å². The van der Waals surface area contributed by atoms with Crippen LogP contribution in [-0.4, -0.2) is 42.4 Å². The number of carbonyl (C=O) groups is 1. The van der Waals surface area contributed by atoms with Crippen molar-refractivity contribution in [3.8, 4) is 0 Å². The predicted molar refractivity (Wildman–Crippen MR) is 83.8 cm³/mol. The van der Waals surface area contributed by atoms with E-state index >= 15 is 0 Å². The number of benzene rings is 1. The highest BCUT2D eigenvalue weighted by molar-refractivity contribution is 5.70. The molecule has 0 unspecified atom stereocenters. The molecule has 1 aliphatic rings. The number of aliphatic hydroxyl groups is 1. The van der Waals surface area contributed by atoms with Crippen molar-refractivity contribution in [1.82, 2.24) is 0 Å². The lowest BCUT2D eigenvalue weighted by molar-refractivity contribution is -0.144. The van der Waals surface area contributed by atoms with E-state index in [-0.39, 0.29) is 5.92 Å². The summed E-state index contributed by atoms with van der Waals surface area (Å²) in [5, 5.41) is 22.7. The van der Waals surface area contributed by atoms with Crippen LogP contribution >= 0.6 is 0 Å². The van der Waals surface area contributed by atoms with Crippen molar-refractivity contribution in [2.75, 3.05) is 30.9 Å². The molecule has 116 valence electrons. The molecule has 0 saturated heterocycles. The van der Waals surface area contributed by atoms with Crippen LogP contribution < -0.4 is 10.2 Å². The maximum absolute atomic E-state index is 10.9. The van der Waals surface area contributed by atoms with Gasteiger partial charge in [-0.05, 0) is 49.9 Å². The van der Waals surface area contributed by atoms with Crippen molar-refractivity contribution in [3.63, 3.8) is 0 Å². The van der Waals surface area contributed by atoms with Crippen molar-refractivity contribution in [3.05, 3.63) is 24.3 Å². The molecule has 2 rings (SSSR count). The normalized spacial score (nSPS) is 25.4. The fourth-order valence-corrected chi connectivity index (χ4v) is 2.72. The van der Waals surface area contributed by atoms with Crippen LogP contribution in [0.25, 0.3) is 0 Å². The summed E-state index contributed by atoms with van der Waals surface area (Å²) in [7, 11) is 3.98. The fourth-order valence-electron chi connectivity index (χ4n) is 2.72. The first-order valence-corrected chi connectivity index (χ1v) is 7.36. The largest absolute Gasteiger partial charge is 0.481 e. The van der Waals surface area contributed by atoms with Crippen LogP contribution in [0.3, 0.4) is 0 Å². The number of nitrogens with one attached hydrogen (secondary N) is 1. The molecule has 0 atom stereocenters. The third kappa shape index (κ3) is 4.11. The van der Waals surface area contributed by atoms with E-state index in [1.54, 1.807) is 0 Å². The molecule has 1 aromatic carbocycles. The number of carboxylic acid groups (broad SMARTS) is 1. The second-order valence-corrected chi connectivity index (χ2v) is 6.13. The smallest absolute Gasteiger partial charge is 0.306 e. The van der Waals surface area contributed by atoms with Crippen LogP contribution in [-0.2, 0) is 4.79 Å². The zero-order chi connectivity index (χ0) is 15.5. The minimum Gasteiger partial charge on any atom is -0.481 e. The van der Waals surface area contributed by atoms with Crippen LogP contribution in [0.15, 0.2) is 24.3 Å². The zero-order valence-electron chi connectivity index (χ0n) is 12.7. The molecule has 5 heteroatoms. The lowest BCUT2D eigenvalue weighted by atomic mass is 9.79. The van der Waals surface area contributed by atoms with E-state index in [0.717, 1.165) is 11.4 Å². The number of aliphatic carboxylic acids is 1. The molecule has 0 radical (unpaired) electrons. The van der Waals surface area contributed by atoms with E-state index in [1.807, 2.05) is 43.3 Å². The van der Waals surface area contributed by atoms with Gasteiger partial charge in [-0.1, -0.05) is 0 Å². The summed E-state index contributed by atoms with van der Waals surface area (Å²) in [5.41, 5.74) is 1.29. The van der Waals surface area contributed by atoms with Crippen LogP contribution in [0.1, 0.15) is 25.7 Å². The van der Waals surface area contributed by atoms with Gasteiger partial charge in [0.15, 0.2) is 0 Å². The highest BCUT2D eigenvalue weighted by atomic mass is 16.4. The molecule has 0 bridgehead atoms. The summed E-state index contributed by atoms with van der Waals surface area (Å²) < 4.78 is 0. The van der Waals surface area contributed by atoms with Crippen molar-refractivity contribution in [2.45, 2.75) is 31.3 Å². The molecule has 1 aliphatic carbocycles. The van der Waals surface area contributed by atoms with E-state index < -0.39 is 11.6 Å². The van der Waals surface area contributed by atoms with Gasteiger partial charge in [-0.25, -0.2) is 0 Å². The maximum atomic E-state index is 10.9. The Labute approximate surface area is 125 Å². The first-order chi connectivity index (χ1) is 9.89. The zero-order valence-corrected chi connectivity index (χ0v) is 12.7. The predicted octanol–water partition coefficient (Wildman–Crippen LogP) is 2.17. The van der Waals surface area contributed by atoms with E-state index in [0.29, 0.717) is 32.2 Å². The second-order valence-electron chi connectivity index (χ2n) is 6.13. The Hall–Kier alpha value is -1.75. The first-order valence-electron chi connectivity index (χ1n) is 7.36. The van der Waals surface area contributed by atoms with Gasteiger partial charge in [0, 0.05) is 32.0 Å². The summed E-state index contributed by atoms with van der Waals surface area (Å²) in [5.74, 6) is -1.05. The number of rotatable bonds is 5. The Kier molecular flexibility index (Phi) is 4.73. The van der Waals surface area contributed by atoms with Crippen LogP contribution in [0.4, 0.5) is 11.4 Å². The van der Waals surface area contributed by atoms with Crippen LogP contribution in [0.2, 0.25) is 0 Å². The van der Waals surface area contributed by atoms with Crippen molar-refractivity contribution in [2.24, 2.45) is 5.92 Å². The molecule has 0 aliphatic heterocycles.